The van der Waals surface area contributed by atoms with E-state index in [9.17, 15) is 0 Å². The molecule has 4 rings (SSSR count). The smallest absolute Gasteiger partial charge is 0.161 e. The molecule has 0 unspecified atom stereocenters. The molecule has 0 N–H and O–H groups in total. The zero-order chi connectivity index (χ0) is 22.2. The Morgan fingerprint density at radius 1 is 0.781 bits per heavy atom. The molecule has 5 heteroatoms. The molecule has 0 aliphatic carbocycles. The summed E-state index contributed by atoms with van der Waals surface area (Å²) in [5, 5.41) is 0. The third-order valence-corrected chi connectivity index (χ3v) is 5.33. The van der Waals surface area contributed by atoms with Gasteiger partial charge in [-0.3, -0.25) is 0 Å². The van der Waals surface area contributed by atoms with E-state index in [1.54, 1.807) is 14.2 Å². The molecule has 0 saturated heterocycles. The van der Waals surface area contributed by atoms with Crippen molar-refractivity contribution in [2.24, 2.45) is 0 Å². The largest absolute Gasteiger partial charge is 0.497 e. The highest BCUT2D eigenvalue weighted by atomic mass is 16.5. The van der Waals surface area contributed by atoms with Crippen molar-refractivity contribution in [1.82, 2.24) is 9.55 Å². The molecule has 0 aliphatic heterocycles. The van der Waals surface area contributed by atoms with E-state index in [0.29, 0.717) is 6.61 Å². The standard InChI is InChI=1S/C27H28N2O3/c1-30-22-16-13-21(14-17-22)15-18-27-28-23-9-3-4-10-24(23)29(27)19-7-8-20-32-26-12-6-5-11-25(26)31-2/h3-6,9-18H,7-8,19-20H2,1-2H3/b18-15+. The number of aromatic nitrogens is 2. The van der Waals surface area contributed by atoms with Crippen LogP contribution in [0.1, 0.15) is 24.2 Å². The van der Waals surface area contributed by atoms with Gasteiger partial charge in [0.05, 0.1) is 31.9 Å². The summed E-state index contributed by atoms with van der Waals surface area (Å²) >= 11 is 0. The van der Waals surface area contributed by atoms with Crippen molar-refractivity contribution in [2.75, 3.05) is 20.8 Å². The molecule has 0 atom stereocenters. The van der Waals surface area contributed by atoms with E-state index in [1.165, 1.54) is 0 Å². The second kappa shape index (κ2) is 10.5. The number of imidazole rings is 1. The van der Waals surface area contributed by atoms with Gasteiger partial charge in [0.25, 0.3) is 0 Å². The molecule has 0 amide bonds. The maximum atomic E-state index is 5.92. The number of hydrogen-bond acceptors (Lipinski definition) is 4. The fraction of sp³-hybridized carbons (Fsp3) is 0.222. The van der Waals surface area contributed by atoms with Crippen LogP contribution in [-0.4, -0.2) is 30.4 Å². The molecule has 0 bridgehead atoms. The van der Waals surface area contributed by atoms with Gasteiger partial charge in [-0.05, 0) is 60.9 Å². The predicted octanol–water partition coefficient (Wildman–Crippen LogP) is 6.08. The van der Waals surface area contributed by atoms with Crippen molar-refractivity contribution in [1.29, 1.82) is 0 Å². The van der Waals surface area contributed by atoms with Crippen LogP contribution >= 0.6 is 0 Å². The van der Waals surface area contributed by atoms with Crippen molar-refractivity contribution in [2.45, 2.75) is 19.4 Å². The first kappa shape index (κ1) is 21.5. The van der Waals surface area contributed by atoms with E-state index in [-0.39, 0.29) is 0 Å². The van der Waals surface area contributed by atoms with Crippen LogP contribution in [0.15, 0.2) is 72.8 Å². The second-order valence-corrected chi connectivity index (χ2v) is 7.42. The van der Waals surface area contributed by atoms with Gasteiger partial charge in [-0.2, -0.15) is 0 Å². The van der Waals surface area contributed by atoms with Gasteiger partial charge in [0.15, 0.2) is 11.5 Å². The zero-order valence-corrected chi connectivity index (χ0v) is 18.5. The van der Waals surface area contributed by atoms with E-state index in [2.05, 4.69) is 34.9 Å². The van der Waals surface area contributed by atoms with E-state index in [1.807, 2.05) is 54.6 Å². The highest BCUT2D eigenvalue weighted by Gasteiger charge is 2.08. The molecule has 0 spiro atoms. The monoisotopic (exact) mass is 428 g/mol. The maximum absolute atomic E-state index is 5.92. The third-order valence-electron chi connectivity index (χ3n) is 5.33. The van der Waals surface area contributed by atoms with Crippen LogP contribution in [0, 0.1) is 0 Å². The average molecular weight is 429 g/mol. The van der Waals surface area contributed by atoms with Crippen molar-refractivity contribution in [3.63, 3.8) is 0 Å². The quantitative estimate of drug-likeness (QED) is 0.287. The normalized spacial score (nSPS) is 11.2. The number of methoxy groups -OCH3 is 2. The maximum Gasteiger partial charge on any atom is 0.161 e. The number of hydrogen-bond donors (Lipinski definition) is 0. The zero-order valence-electron chi connectivity index (χ0n) is 18.5. The number of unbranched alkanes of at least 4 members (excludes halogenated alkanes) is 1. The lowest BCUT2D eigenvalue weighted by Crippen LogP contribution is -2.04. The van der Waals surface area contributed by atoms with Gasteiger partial charge < -0.3 is 18.8 Å². The molecule has 1 heterocycles. The van der Waals surface area contributed by atoms with Gasteiger partial charge in [0.1, 0.15) is 11.6 Å². The molecule has 0 saturated carbocycles. The van der Waals surface area contributed by atoms with E-state index < -0.39 is 0 Å². The topological polar surface area (TPSA) is 45.5 Å². The van der Waals surface area contributed by atoms with Crippen LogP contribution in [-0.2, 0) is 6.54 Å². The third kappa shape index (κ3) is 5.11. The Kier molecular flexibility index (Phi) is 7.08. The number of fused-ring (bicyclic) bond motifs is 1. The molecule has 32 heavy (non-hydrogen) atoms. The number of ether oxygens (including phenoxy) is 3. The van der Waals surface area contributed by atoms with Gasteiger partial charge >= 0.3 is 0 Å². The molecule has 164 valence electrons. The van der Waals surface area contributed by atoms with Crippen molar-refractivity contribution >= 4 is 23.2 Å². The number of rotatable bonds is 10. The molecular weight excluding hydrogens is 400 g/mol. The lowest BCUT2D eigenvalue weighted by molar-refractivity contribution is 0.284. The Bertz CT molecular complexity index is 1180. The van der Waals surface area contributed by atoms with Crippen LogP contribution in [0.3, 0.4) is 0 Å². The molecule has 3 aromatic carbocycles. The van der Waals surface area contributed by atoms with Gasteiger partial charge in [0, 0.05) is 6.54 Å². The Morgan fingerprint density at radius 3 is 2.31 bits per heavy atom. The number of aryl methyl sites for hydroxylation is 1. The summed E-state index contributed by atoms with van der Waals surface area (Å²) in [6.45, 7) is 1.52. The van der Waals surface area contributed by atoms with Crippen LogP contribution < -0.4 is 14.2 Å². The lowest BCUT2D eigenvalue weighted by Gasteiger charge is -2.11. The van der Waals surface area contributed by atoms with E-state index in [4.69, 9.17) is 19.2 Å². The Hall–Kier alpha value is -3.73. The first-order chi connectivity index (χ1) is 15.8. The molecule has 0 aliphatic rings. The van der Waals surface area contributed by atoms with Gasteiger partial charge in [-0.1, -0.05) is 42.5 Å². The van der Waals surface area contributed by atoms with Crippen LogP contribution in [0.4, 0.5) is 0 Å². The van der Waals surface area contributed by atoms with Crippen LogP contribution in [0.5, 0.6) is 17.2 Å². The second-order valence-electron chi connectivity index (χ2n) is 7.42. The Labute approximate surface area is 188 Å². The van der Waals surface area contributed by atoms with Crippen molar-refractivity contribution < 1.29 is 14.2 Å². The number of nitrogens with zero attached hydrogens (tertiary/aromatic N) is 2. The highest BCUT2D eigenvalue weighted by molar-refractivity contribution is 5.79. The Balaban J connectivity index is 1.42. The minimum atomic E-state index is 0.643. The van der Waals surface area contributed by atoms with Gasteiger partial charge in [0.2, 0.25) is 0 Å². The summed E-state index contributed by atoms with van der Waals surface area (Å²) in [7, 11) is 3.34. The molecule has 0 fully saturated rings. The fourth-order valence-electron chi connectivity index (χ4n) is 3.63. The van der Waals surface area contributed by atoms with Crippen LogP contribution in [0.25, 0.3) is 23.2 Å². The number of para-hydroxylation sites is 4. The SMILES string of the molecule is COc1ccc(/C=C/c2nc3ccccc3n2CCCCOc2ccccc2OC)cc1. The lowest BCUT2D eigenvalue weighted by atomic mass is 10.2. The summed E-state index contributed by atoms with van der Waals surface area (Å²) in [5.74, 6) is 3.35. The molecule has 4 aromatic rings. The Morgan fingerprint density at radius 2 is 1.53 bits per heavy atom. The first-order valence-corrected chi connectivity index (χ1v) is 10.8. The summed E-state index contributed by atoms with van der Waals surface area (Å²) in [5.41, 5.74) is 3.26. The summed E-state index contributed by atoms with van der Waals surface area (Å²) in [6, 6.07) is 24.0. The van der Waals surface area contributed by atoms with Crippen LogP contribution in [0.2, 0.25) is 0 Å². The summed E-state index contributed by atoms with van der Waals surface area (Å²) in [6.07, 6.45) is 6.08. The first-order valence-electron chi connectivity index (χ1n) is 10.8. The van der Waals surface area contributed by atoms with Crippen molar-refractivity contribution in [3.05, 3.63) is 84.2 Å². The predicted molar refractivity (Wildman–Crippen MR) is 129 cm³/mol. The fourth-order valence-corrected chi connectivity index (χ4v) is 3.63. The molecular formula is C27H28N2O3. The summed E-state index contributed by atoms with van der Waals surface area (Å²) in [4.78, 5) is 4.83. The molecule has 1 aromatic heterocycles. The van der Waals surface area contributed by atoms with E-state index >= 15 is 0 Å². The highest BCUT2D eigenvalue weighted by Crippen LogP contribution is 2.26. The summed E-state index contributed by atoms with van der Waals surface area (Å²) < 4.78 is 18.8. The van der Waals surface area contributed by atoms with Gasteiger partial charge in [-0.25, -0.2) is 4.98 Å². The number of benzene rings is 3. The van der Waals surface area contributed by atoms with Gasteiger partial charge in [-0.15, -0.1) is 0 Å². The average Bonchev–Trinajstić information content (AvgIpc) is 3.20. The van der Waals surface area contributed by atoms with E-state index in [0.717, 1.165) is 59.1 Å². The minimum Gasteiger partial charge on any atom is -0.497 e. The van der Waals surface area contributed by atoms with Crippen molar-refractivity contribution in [3.8, 4) is 17.2 Å². The minimum absolute atomic E-state index is 0.643. The molecule has 0 radical (unpaired) electrons. The molecule has 5 nitrogen and oxygen atoms in total.